The van der Waals surface area contributed by atoms with E-state index in [0.717, 1.165) is 12.0 Å². The van der Waals surface area contributed by atoms with Crippen LogP contribution in [0.15, 0.2) is 85.1 Å². The Labute approximate surface area is 197 Å². The monoisotopic (exact) mass is 461 g/mol. The van der Waals surface area contributed by atoms with E-state index in [1.165, 1.54) is 16.3 Å². The summed E-state index contributed by atoms with van der Waals surface area (Å²) < 4.78 is 6.85. The molecule has 1 aromatic heterocycles. The van der Waals surface area contributed by atoms with Gasteiger partial charge in [-0.2, -0.15) is 0 Å². The Morgan fingerprint density at radius 3 is 2.33 bits per heavy atom. The molecule has 0 unspecified atom stereocenters. The van der Waals surface area contributed by atoms with Gasteiger partial charge in [0.25, 0.3) is 5.91 Å². The molecule has 1 aliphatic rings. The van der Waals surface area contributed by atoms with Gasteiger partial charge in [-0.3, -0.25) is 9.36 Å². The maximum Gasteiger partial charge on any atom is 0.418 e. The van der Waals surface area contributed by atoms with Crippen molar-refractivity contribution in [3.8, 4) is 0 Å². The molecule has 2 atom stereocenters. The lowest BCUT2D eigenvalue weighted by atomic mass is 10.1. The third-order valence-electron chi connectivity index (χ3n) is 5.79. The molecule has 168 valence electrons. The summed E-state index contributed by atoms with van der Waals surface area (Å²) >= 11 is 0. The van der Waals surface area contributed by atoms with Crippen molar-refractivity contribution in [1.82, 2.24) is 4.57 Å². The number of halogens is 1. The van der Waals surface area contributed by atoms with E-state index in [1.807, 2.05) is 72.8 Å². The highest BCUT2D eigenvalue weighted by atomic mass is 35.5. The van der Waals surface area contributed by atoms with E-state index in [-0.39, 0.29) is 31.0 Å². The number of nitrogens with zero attached hydrogens (tertiary/aromatic N) is 1. The van der Waals surface area contributed by atoms with Crippen molar-refractivity contribution in [1.29, 1.82) is 0 Å². The minimum absolute atomic E-state index is 0. The molecule has 0 saturated heterocycles. The summed E-state index contributed by atoms with van der Waals surface area (Å²) in [6, 6.07) is 24.7. The van der Waals surface area contributed by atoms with Crippen LogP contribution in [0.4, 0.5) is 10.5 Å². The summed E-state index contributed by atoms with van der Waals surface area (Å²) in [5, 5.41) is 3.61. The standard InChI is InChI=1S/C26H23N3O3.ClH/c27-23-14-21(23)18-10-12-19(13-11-18)28-25(30)22-15-29(24-9-5-4-8-20(22)24)26(31)32-16-17-6-2-1-3-7-17;/h1-13,15,21,23H,14,16,27H2,(H,28,30);1H/t21-,23+;/m0./s1. The summed E-state index contributed by atoms with van der Waals surface area (Å²) in [6.07, 6.45) is 2.01. The number of fused-ring (bicyclic) bond motifs is 1. The second-order valence-electron chi connectivity index (χ2n) is 8.05. The molecule has 3 N–H and O–H groups in total. The lowest BCUT2D eigenvalue weighted by molar-refractivity contribution is 0.102. The van der Waals surface area contributed by atoms with E-state index in [9.17, 15) is 9.59 Å². The molecule has 5 rings (SSSR count). The zero-order chi connectivity index (χ0) is 22.1. The molecular weight excluding hydrogens is 438 g/mol. The number of para-hydroxylation sites is 1. The van der Waals surface area contributed by atoms with Crippen molar-refractivity contribution in [3.05, 3.63) is 102 Å². The van der Waals surface area contributed by atoms with Crippen molar-refractivity contribution in [2.24, 2.45) is 5.73 Å². The summed E-state index contributed by atoms with van der Waals surface area (Å²) in [4.78, 5) is 25.8. The van der Waals surface area contributed by atoms with Crippen LogP contribution in [0.2, 0.25) is 0 Å². The van der Waals surface area contributed by atoms with Crippen LogP contribution in [0.25, 0.3) is 10.9 Å². The van der Waals surface area contributed by atoms with E-state index < -0.39 is 6.09 Å². The van der Waals surface area contributed by atoms with E-state index in [0.29, 0.717) is 28.1 Å². The predicted octanol–water partition coefficient (Wildman–Crippen LogP) is 5.31. The Hall–Kier alpha value is -3.61. The van der Waals surface area contributed by atoms with Gasteiger partial charge in [-0.15, -0.1) is 12.4 Å². The topological polar surface area (TPSA) is 86.4 Å². The molecule has 7 heteroatoms. The van der Waals surface area contributed by atoms with Crippen molar-refractivity contribution in [2.75, 3.05) is 5.32 Å². The minimum atomic E-state index is -0.533. The molecule has 1 fully saturated rings. The summed E-state index contributed by atoms with van der Waals surface area (Å²) in [7, 11) is 0. The van der Waals surface area contributed by atoms with Crippen LogP contribution in [0.1, 0.15) is 33.8 Å². The van der Waals surface area contributed by atoms with Gasteiger partial charge in [-0.1, -0.05) is 60.7 Å². The summed E-state index contributed by atoms with van der Waals surface area (Å²) in [6.45, 7) is 0.157. The highest BCUT2D eigenvalue weighted by molar-refractivity contribution is 6.14. The number of benzene rings is 3. The fourth-order valence-electron chi connectivity index (χ4n) is 3.91. The molecule has 1 saturated carbocycles. The first-order valence-corrected chi connectivity index (χ1v) is 10.6. The van der Waals surface area contributed by atoms with Gasteiger partial charge in [0.15, 0.2) is 0 Å². The number of ether oxygens (including phenoxy) is 1. The van der Waals surface area contributed by atoms with Crippen LogP contribution >= 0.6 is 12.4 Å². The van der Waals surface area contributed by atoms with Gasteiger partial charge < -0.3 is 15.8 Å². The van der Waals surface area contributed by atoms with Crippen LogP contribution < -0.4 is 11.1 Å². The molecule has 1 aliphatic carbocycles. The molecule has 0 bridgehead atoms. The molecular formula is C26H24ClN3O3. The number of carbonyl (C=O) groups is 2. The first kappa shape index (κ1) is 22.6. The van der Waals surface area contributed by atoms with Crippen molar-refractivity contribution >= 4 is 41.0 Å². The maximum absolute atomic E-state index is 13.0. The number of hydrogen-bond acceptors (Lipinski definition) is 4. The third-order valence-corrected chi connectivity index (χ3v) is 5.79. The Morgan fingerprint density at radius 1 is 0.970 bits per heavy atom. The zero-order valence-electron chi connectivity index (χ0n) is 17.8. The highest BCUT2D eigenvalue weighted by Gasteiger charge is 2.34. The van der Waals surface area contributed by atoms with Gasteiger partial charge in [0.05, 0.1) is 11.1 Å². The minimum Gasteiger partial charge on any atom is -0.444 e. The Bertz CT molecular complexity index is 1290. The fraction of sp³-hybridized carbons (Fsp3) is 0.154. The fourth-order valence-corrected chi connectivity index (χ4v) is 3.91. The number of nitrogens with two attached hydrogens (primary N) is 1. The number of rotatable bonds is 5. The predicted molar refractivity (Wildman–Crippen MR) is 131 cm³/mol. The lowest BCUT2D eigenvalue weighted by Gasteiger charge is -2.06. The van der Waals surface area contributed by atoms with E-state index >= 15 is 0 Å². The Morgan fingerprint density at radius 2 is 1.64 bits per heavy atom. The number of hydrogen-bond donors (Lipinski definition) is 2. The van der Waals surface area contributed by atoms with E-state index in [2.05, 4.69) is 5.32 Å². The van der Waals surface area contributed by atoms with Gasteiger partial charge >= 0.3 is 6.09 Å². The molecule has 3 aromatic carbocycles. The first-order chi connectivity index (χ1) is 15.6. The number of carbonyl (C=O) groups excluding carboxylic acids is 2. The lowest BCUT2D eigenvalue weighted by Crippen LogP contribution is -2.14. The largest absolute Gasteiger partial charge is 0.444 e. The number of aromatic nitrogens is 1. The molecule has 6 nitrogen and oxygen atoms in total. The van der Waals surface area contributed by atoms with Gasteiger partial charge in [-0.05, 0) is 35.7 Å². The first-order valence-electron chi connectivity index (χ1n) is 10.6. The van der Waals surface area contributed by atoms with E-state index in [4.69, 9.17) is 10.5 Å². The van der Waals surface area contributed by atoms with Crippen LogP contribution in [0.3, 0.4) is 0 Å². The molecule has 33 heavy (non-hydrogen) atoms. The van der Waals surface area contributed by atoms with Crippen LogP contribution in [-0.4, -0.2) is 22.6 Å². The average Bonchev–Trinajstić information content (AvgIpc) is 3.42. The number of amides is 1. The normalized spacial score (nSPS) is 16.6. The van der Waals surface area contributed by atoms with Gasteiger partial charge in [-0.25, -0.2) is 4.79 Å². The molecule has 1 heterocycles. The quantitative estimate of drug-likeness (QED) is 0.421. The maximum atomic E-state index is 13.0. The Balaban J connectivity index is 0.00000259. The smallest absolute Gasteiger partial charge is 0.418 e. The van der Waals surface area contributed by atoms with Gasteiger partial charge in [0.1, 0.15) is 6.61 Å². The number of anilines is 1. The zero-order valence-corrected chi connectivity index (χ0v) is 18.6. The van der Waals surface area contributed by atoms with Crippen LogP contribution in [0, 0.1) is 0 Å². The summed E-state index contributed by atoms with van der Waals surface area (Å²) in [5.74, 6) is 0.131. The molecule has 0 spiro atoms. The van der Waals surface area contributed by atoms with Gasteiger partial charge in [0, 0.05) is 29.2 Å². The van der Waals surface area contributed by atoms with Crippen LogP contribution in [0.5, 0.6) is 0 Å². The molecule has 4 aromatic rings. The second-order valence-corrected chi connectivity index (χ2v) is 8.05. The number of nitrogens with one attached hydrogen (secondary N) is 1. The molecule has 1 amide bonds. The van der Waals surface area contributed by atoms with Crippen LogP contribution in [-0.2, 0) is 11.3 Å². The van der Waals surface area contributed by atoms with Gasteiger partial charge in [0.2, 0.25) is 0 Å². The molecule has 0 aliphatic heterocycles. The van der Waals surface area contributed by atoms with Crippen molar-refractivity contribution in [3.63, 3.8) is 0 Å². The molecule has 0 radical (unpaired) electrons. The Kier molecular flexibility index (Phi) is 6.49. The second kappa shape index (κ2) is 9.48. The highest BCUT2D eigenvalue weighted by Crippen LogP contribution is 2.39. The average molecular weight is 462 g/mol. The van der Waals surface area contributed by atoms with Crippen molar-refractivity contribution in [2.45, 2.75) is 25.0 Å². The third kappa shape index (κ3) is 4.77. The SMILES string of the molecule is Cl.N[C@@H]1C[C@H]1c1ccc(NC(=O)c2cn(C(=O)OCc3ccccc3)c3ccccc23)cc1. The van der Waals surface area contributed by atoms with E-state index in [1.54, 1.807) is 6.07 Å². The summed E-state index contributed by atoms with van der Waals surface area (Å²) in [5.41, 5.74) is 9.72. The van der Waals surface area contributed by atoms with Crippen molar-refractivity contribution < 1.29 is 14.3 Å².